The lowest BCUT2D eigenvalue weighted by atomic mass is 10.0. The number of hydrogen-bond acceptors (Lipinski definition) is 2. The van der Waals surface area contributed by atoms with E-state index in [2.05, 4.69) is 12.2 Å². The van der Waals surface area contributed by atoms with Crippen LogP contribution in [0.4, 0.5) is 0 Å². The molecule has 13 heavy (non-hydrogen) atoms. The molecule has 1 aliphatic rings. The van der Waals surface area contributed by atoms with Crippen molar-refractivity contribution in [2.45, 2.75) is 39.0 Å². The van der Waals surface area contributed by atoms with Gasteiger partial charge in [0, 0.05) is 20.3 Å². The van der Waals surface area contributed by atoms with E-state index in [0.717, 1.165) is 6.61 Å². The summed E-state index contributed by atoms with van der Waals surface area (Å²) in [5.41, 5.74) is 0.615. The van der Waals surface area contributed by atoms with Crippen molar-refractivity contribution in [2.24, 2.45) is 5.41 Å². The molecule has 0 atom stereocenters. The molecule has 1 saturated carbocycles. The fourth-order valence-electron chi connectivity index (χ4n) is 1.67. The van der Waals surface area contributed by atoms with E-state index in [1.807, 2.05) is 0 Å². The van der Waals surface area contributed by atoms with E-state index in [-0.39, 0.29) is 0 Å². The highest BCUT2D eigenvalue weighted by atomic mass is 16.5. The summed E-state index contributed by atoms with van der Waals surface area (Å²) in [4.78, 5) is 0. The third kappa shape index (κ3) is 4.10. The molecule has 1 fully saturated rings. The SMILES string of the molecule is CCCCNCC1(CCOC)CC1. The molecular formula is C11H23NO. The molecule has 1 N–H and O–H groups in total. The van der Waals surface area contributed by atoms with Gasteiger partial charge in [0.25, 0.3) is 0 Å². The predicted octanol–water partition coefficient (Wildman–Crippen LogP) is 2.19. The monoisotopic (exact) mass is 185 g/mol. The standard InChI is InChI=1S/C11H23NO/c1-3-4-8-12-10-11(5-6-11)7-9-13-2/h12H,3-10H2,1-2H3. The van der Waals surface area contributed by atoms with Gasteiger partial charge in [-0.1, -0.05) is 13.3 Å². The zero-order valence-corrected chi connectivity index (χ0v) is 9.07. The fourth-order valence-corrected chi connectivity index (χ4v) is 1.67. The number of hydrogen-bond donors (Lipinski definition) is 1. The van der Waals surface area contributed by atoms with Crippen LogP contribution >= 0.6 is 0 Å². The zero-order chi connectivity index (χ0) is 9.57. The maximum Gasteiger partial charge on any atom is 0.0468 e. The average Bonchev–Trinajstić information content (AvgIpc) is 2.91. The second-order valence-electron chi connectivity index (χ2n) is 4.27. The van der Waals surface area contributed by atoms with Gasteiger partial charge in [-0.15, -0.1) is 0 Å². The van der Waals surface area contributed by atoms with Crippen LogP contribution in [-0.2, 0) is 4.74 Å². The van der Waals surface area contributed by atoms with Crippen molar-refractivity contribution in [2.75, 3.05) is 26.8 Å². The van der Waals surface area contributed by atoms with Crippen molar-refractivity contribution < 1.29 is 4.74 Å². The van der Waals surface area contributed by atoms with E-state index in [4.69, 9.17) is 4.74 Å². The lowest BCUT2D eigenvalue weighted by Crippen LogP contribution is -2.25. The summed E-state index contributed by atoms with van der Waals surface area (Å²) >= 11 is 0. The highest BCUT2D eigenvalue weighted by Crippen LogP contribution is 2.48. The van der Waals surface area contributed by atoms with Crippen molar-refractivity contribution in [1.29, 1.82) is 0 Å². The lowest BCUT2D eigenvalue weighted by Gasteiger charge is -2.15. The minimum Gasteiger partial charge on any atom is -0.385 e. The number of methoxy groups -OCH3 is 1. The van der Waals surface area contributed by atoms with Crippen LogP contribution in [0.5, 0.6) is 0 Å². The van der Waals surface area contributed by atoms with Gasteiger partial charge in [0.05, 0.1) is 0 Å². The van der Waals surface area contributed by atoms with Crippen LogP contribution in [0, 0.1) is 5.41 Å². The van der Waals surface area contributed by atoms with Crippen molar-refractivity contribution in [3.8, 4) is 0 Å². The second kappa shape index (κ2) is 5.61. The van der Waals surface area contributed by atoms with Crippen LogP contribution in [0.25, 0.3) is 0 Å². The Morgan fingerprint density at radius 1 is 1.38 bits per heavy atom. The molecule has 1 aliphatic carbocycles. The molecular weight excluding hydrogens is 162 g/mol. The molecule has 0 saturated heterocycles. The van der Waals surface area contributed by atoms with Gasteiger partial charge in [-0.05, 0) is 37.6 Å². The molecule has 1 rings (SSSR count). The Labute approximate surface area is 82.0 Å². The van der Waals surface area contributed by atoms with Crippen molar-refractivity contribution >= 4 is 0 Å². The number of rotatable bonds is 8. The highest BCUT2D eigenvalue weighted by molar-refractivity contribution is 4.94. The Hall–Kier alpha value is -0.0800. The molecule has 0 amide bonds. The lowest BCUT2D eigenvalue weighted by molar-refractivity contribution is 0.171. The topological polar surface area (TPSA) is 21.3 Å². The molecule has 2 heteroatoms. The molecule has 0 aromatic rings. The molecule has 0 radical (unpaired) electrons. The normalized spacial score (nSPS) is 18.9. The minimum absolute atomic E-state index is 0.615. The number of ether oxygens (including phenoxy) is 1. The Morgan fingerprint density at radius 2 is 2.15 bits per heavy atom. The van der Waals surface area contributed by atoms with Crippen molar-refractivity contribution in [3.63, 3.8) is 0 Å². The Bertz CT molecular complexity index is 132. The molecule has 0 spiro atoms. The molecule has 0 bridgehead atoms. The summed E-state index contributed by atoms with van der Waals surface area (Å²) < 4.78 is 5.12. The van der Waals surface area contributed by atoms with Gasteiger partial charge in [0.1, 0.15) is 0 Å². The largest absolute Gasteiger partial charge is 0.385 e. The molecule has 78 valence electrons. The number of unbranched alkanes of at least 4 members (excludes halogenated alkanes) is 1. The minimum atomic E-state index is 0.615. The summed E-state index contributed by atoms with van der Waals surface area (Å²) in [6, 6.07) is 0. The summed E-state index contributed by atoms with van der Waals surface area (Å²) in [5, 5.41) is 3.54. The van der Waals surface area contributed by atoms with E-state index in [1.165, 1.54) is 45.2 Å². The van der Waals surface area contributed by atoms with E-state index >= 15 is 0 Å². The third-order valence-electron chi connectivity index (χ3n) is 3.00. The first-order chi connectivity index (χ1) is 6.33. The second-order valence-corrected chi connectivity index (χ2v) is 4.27. The Kier molecular flexibility index (Phi) is 4.74. The highest BCUT2D eigenvalue weighted by Gasteiger charge is 2.41. The van der Waals surface area contributed by atoms with Gasteiger partial charge < -0.3 is 10.1 Å². The van der Waals surface area contributed by atoms with Crippen LogP contribution in [0.1, 0.15) is 39.0 Å². The quantitative estimate of drug-likeness (QED) is 0.585. The molecule has 0 aromatic heterocycles. The van der Waals surface area contributed by atoms with E-state index in [9.17, 15) is 0 Å². The van der Waals surface area contributed by atoms with Gasteiger partial charge in [-0.2, -0.15) is 0 Å². The van der Waals surface area contributed by atoms with Crippen LogP contribution in [-0.4, -0.2) is 26.8 Å². The predicted molar refractivity (Wildman–Crippen MR) is 55.9 cm³/mol. The fraction of sp³-hybridized carbons (Fsp3) is 1.00. The number of nitrogens with one attached hydrogen (secondary N) is 1. The maximum absolute atomic E-state index is 5.12. The summed E-state index contributed by atoms with van der Waals surface area (Å²) in [6.45, 7) is 5.55. The molecule has 0 aromatic carbocycles. The van der Waals surface area contributed by atoms with E-state index in [1.54, 1.807) is 7.11 Å². The van der Waals surface area contributed by atoms with Crippen LogP contribution < -0.4 is 5.32 Å². The Morgan fingerprint density at radius 3 is 2.69 bits per heavy atom. The summed E-state index contributed by atoms with van der Waals surface area (Å²) in [6.07, 6.45) is 6.63. The van der Waals surface area contributed by atoms with E-state index in [0.29, 0.717) is 5.41 Å². The third-order valence-corrected chi connectivity index (χ3v) is 3.00. The van der Waals surface area contributed by atoms with Crippen LogP contribution in [0.2, 0.25) is 0 Å². The first-order valence-corrected chi connectivity index (χ1v) is 5.53. The van der Waals surface area contributed by atoms with E-state index < -0.39 is 0 Å². The summed E-state index contributed by atoms with van der Waals surface area (Å²) in [7, 11) is 1.79. The van der Waals surface area contributed by atoms with Crippen LogP contribution in [0.3, 0.4) is 0 Å². The first kappa shape index (κ1) is 11.0. The van der Waals surface area contributed by atoms with Crippen LogP contribution in [0.15, 0.2) is 0 Å². The molecule has 0 unspecified atom stereocenters. The average molecular weight is 185 g/mol. The van der Waals surface area contributed by atoms with Gasteiger partial charge in [0.2, 0.25) is 0 Å². The molecule has 0 heterocycles. The van der Waals surface area contributed by atoms with Gasteiger partial charge >= 0.3 is 0 Å². The van der Waals surface area contributed by atoms with Gasteiger partial charge in [0.15, 0.2) is 0 Å². The Balaban J connectivity index is 1.99. The van der Waals surface area contributed by atoms with Gasteiger partial charge in [-0.25, -0.2) is 0 Å². The first-order valence-electron chi connectivity index (χ1n) is 5.53. The van der Waals surface area contributed by atoms with Gasteiger partial charge in [-0.3, -0.25) is 0 Å². The van der Waals surface area contributed by atoms with Crippen molar-refractivity contribution in [1.82, 2.24) is 5.32 Å². The zero-order valence-electron chi connectivity index (χ0n) is 9.07. The van der Waals surface area contributed by atoms with Crippen molar-refractivity contribution in [3.05, 3.63) is 0 Å². The molecule has 2 nitrogen and oxygen atoms in total. The smallest absolute Gasteiger partial charge is 0.0468 e. The molecule has 0 aliphatic heterocycles. The maximum atomic E-state index is 5.12. The summed E-state index contributed by atoms with van der Waals surface area (Å²) in [5.74, 6) is 0.